The third kappa shape index (κ3) is 1.55. The number of hydrogen-bond acceptors (Lipinski definition) is 1. The molecule has 0 amide bonds. The van der Waals surface area contributed by atoms with Gasteiger partial charge in [0.2, 0.25) is 0 Å². The second-order valence-electron chi connectivity index (χ2n) is 3.40. The van der Waals surface area contributed by atoms with E-state index in [9.17, 15) is 4.39 Å². The highest BCUT2D eigenvalue weighted by molar-refractivity contribution is 7.19. The van der Waals surface area contributed by atoms with Gasteiger partial charge in [0.05, 0.1) is 0 Å². The second-order valence-corrected chi connectivity index (χ2v) is 4.57. The molecular weight excluding hydrogens is 195 g/mol. The molecule has 0 fully saturated rings. The number of benzene rings is 1. The Morgan fingerprint density at radius 1 is 1.14 bits per heavy atom. The quantitative estimate of drug-likeness (QED) is 0.695. The maximum absolute atomic E-state index is 13.4. The molecule has 0 bridgehead atoms. The van der Waals surface area contributed by atoms with Gasteiger partial charge < -0.3 is 0 Å². The lowest BCUT2D eigenvalue weighted by Gasteiger charge is -1.98. The molecule has 0 aliphatic carbocycles. The summed E-state index contributed by atoms with van der Waals surface area (Å²) in [6.07, 6.45) is 1.79. The van der Waals surface area contributed by atoms with Crippen LogP contribution in [0.25, 0.3) is 10.1 Å². The van der Waals surface area contributed by atoms with Crippen LogP contribution in [0.1, 0.15) is 24.3 Å². The summed E-state index contributed by atoms with van der Waals surface area (Å²) in [4.78, 5) is 1.33. The van der Waals surface area contributed by atoms with Crippen molar-refractivity contribution >= 4 is 21.4 Å². The SMILES string of the molecule is CCc1cc2cc(CC)c(F)cc2s1. The van der Waals surface area contributed by atoms with Gasteiger partial charge in [-0.1, -0.05) is 13.8 Å². The van der Waals surface area contributed by atoms with E-state index in [1.165, 1.54) is 10.3 Å². The summed E-state index contributed by atoms with van der Waals surface area (Å²) in [5, 5.41) is 1.19. The Kier molecular flexibility index (Phi) is 2.55. The summed E-state index contributed by atoms with van der Waals surface area (Å²) in [5.41, 5.74) is 0.818. The first-order valence-corrected chi connectivity index (χ1v) is 5.77. The van der Waals surface area contributed by atoms with Gasteiger partial charge in [0.1, 0.15) is 5.82 Å². The van der Waals surface area contributed by atoms with Crippen molar-refractivity contribution < 1.29 is 4.39 Å². The van der Waals surface area contributed by atoms with Crippen LogP contribution in [0.2, 0.25) is 0 Å². The average Bonchev–Trinajstić information content (AvgIpc) is 2.58. The molecule has 0 spiro atoms. The molecule has 0 aliphatic rings. The predicted octanol–water partition coefficient (Wildman–Crippen LogP) is 4.17. The molecule has 1 aromatic heterocycles. The van der Waals surface area contributed by atoms with Gasteiger partial charge in [-0.2, -0.15) is 0 Å². The molecule has 0 radical (unpaired) electrons. The number of fused-ring (bicyclic) bond motifs is 1. The number of halogens is 1. The van der Waals surface area contributed by atoms with Gasteiger partial charge in [0.25, 0.3) is 0 Å². The van der Waals surface area contributed by atoms with Crippen molar-refractivity contribution in [3.63, 3.8) is 0 Å². The first-order valence-electron chi connectivity index (χ1n) is 4.95. The van der Waals surface area contributed by atoms with Crippen molar-refractivity contribution in [2.45, 2.75) is 26.7 Å². The van der Waals surface area contributed by atoms with Gasteiger partial charge in [0, 0.05) is 9.58 Å². The van der Waals surface area contributed by atoms with E-state index in [1.54, 1.807) is 17.4 Å². The minimum Gasteiger partial charge on any atom is -0.207 e. The van der Waals surface area contributed by atoms with E-state index in [2.05, 4.69) is 13.0 Å². The second kappa shape index (κ2) is 3.70. The lowest BCUT2D eigenvalue weighted by Crippen LogP contribution is -1.85. The van der Waals surface area contributed by atoms with Gasteiger partial charge in [-0.05, 0) is 42.0 Å². The fourth-order valence-electron chi connectivity index (χ4n) is 1.61. The summed E-state index contributed by atoms with van der Waals surface area (Å²) in [6.45, 7) is 4.11. The van der Waals surface area contributed by atoms with E-state index >= 15 is 0 Å². The Morgan fingerprint density at radius 3 is 2.57 bits per heavy atom. The van der Waals surface area contributed by atoms with Gasteiger partial charge in [-0.3, -0.25) is 0 Å². The van der Waals surface area contributed by atoms with Crippen LogP contribution in [-0.4, -0.2) is 0 Å². The van der Waals surface area contributed by atoms with E-state index in [1.807, 2.05) is 13.0 Å². The Balaban J connectivity index is 2.64. The molecule has 0 nitrogen and oxygen atoms in total. The third-order valence-electron chi connectivity index (χ3n) is 2.47. The van der Waals surface area contributed by atoms with E-state index in [4.69, 9.17) is 0 Å². The molecular formula is C12H13FS. The minimum absolute atomic E-state index is 0.0653. The monoisotopic (exact) mass is 208 g/mol. The number of hydrogen-bond donors (Lipinski definition) is 0. The number of aryl methyl sites for hydroxylation is 2. The van der Waals surface area contributed by atoms with E-state index in [0.29, 0.717) is 0 Å². The van der Waals surface area contributed by atoms with E-state index in [0.717, 1.165) is 23.1 Å². The van der Waals surface area contributed by atoms with Crippen molar-refractivity contribution in [2.75, 3.05) is 0 Å². The maximum atomic E-state index is 13.4. The summed E-state index contributed by atoms with van der Waals surface area (Å²) < 4.78 is 14.5. The van der Waals surface area contributed by atoms with Crippen molar-refractivity contribution in [2.24, 2.45) is 0 Å². The van der Waals surface area contributed by atoms with E-state index < -0.39 is 0 Å². The number of rotatable bonds is 2. The molecule has 14 heavy (non-hydrogen) atoms. The lowest BCUT2D eigenvalue weighted by atomic mass is 10.1. The summed E-state index contributed by atoms with van der Waals surface area (Å²) in [6, 6.07) is 5.80. The molecule has 2 aromatic rings. The van der Waals surface area contributed by atoms with Crippen molar-refractivity contribution in [3.05, 3.63) is 34.5 Å². The zero-order valence-corrected chi connectivity index (χ0v) is 9.25. The highest BCUT2D eigenvalue weighted by Gasteiger charge is 2.05. The zero-order valence-electron chi connectivity index (χ0n) is 8.43. The predicted molar refractivity (Wildman–Crippen MR) is 60.5 cm³/mol. The molecule has 1 aromatic carbocycles. The average molecular weight is 208 g/mol. The molecule has 0 N–H and O–H groups in total. The molecule has 74 valence electrons. The van der Waals surface area contributed by atoms with Crippen LogP contribution in [-0.2, 0) is 12.8 Å². The van der Waals surface area contributed by atoms with Gasteiger partial charge in [-0.15, -0.1) is 11.3 Å². The third-order valence-corrected chi connectivity index (χ3v) is 3.71. The Morgan fingerprint density at radius 2 is 1.93 bits per heavy atom. The molecule has 0 saturated heterocycles. The van der Waals surface area contributed by atoms with Crippen LogP contribution >= 0.6 is 11.3 Å². The molecule has 0 atom stereocenters. The van der Waals surface area contributed by atoms with Crippen LogP contribution in [0, 0.1) is 5.82 Å². The van der Waals surface area contributed by atoms with Gasteiger partial charge in [-0.25, -0.2) is 4.39 Å². The molecule has 0 saturated carbocycles. The van der Waals surface area contributed by atoms with Gasteiger partial charge in [0.15, 0.2) is 0 Å². The van der Waals surface area contributed by atoms with Crippen LogP contribution in [0.3, 0.4) is 0 Å². The topological polar surface area (TPSA) is 0 Å². The normalized spacial score (nSPS) is 11.1. The van der Waals surface area contributed by atoms with Crippen LogP contribution in [0.15, 0.2) is 18.2 Å². The smallest absolute Gasteiger partial charge is 0.127 e. The molecule has 1 heterocycles. The van der Waals surface area contributed by atoms with Crippen molar-refractivity contribution in [3.8, 4) is 0 Å². The number of thiophene rings is 1. The van der Waals surface area contributed by atoms with Crippen LogP contribution < -0.4 is 0 Å². The fourth-order valence-corrected chi connectivity index (χ4v) is 2.62. The molecule has 0 unspecified atom stereocenters. The molecule has 0 aliphatic heterocycles. The Labute approximate surface area is 87.4 Å². The first kappa shape index (κ1) is 9.66. The Bertz CT molecular complexity index is 457. The summed E-state index contributed by atoms with van der Waals surface area (Å²) in [7, 11) is 0. The summed E-state index contributed by atoms with van der Waals surface area (Å²) in [5.74, 6) is -0.0653. The largest absolute Gasteiger partial charge is 0.207 e. The highest BCUT2D eigenvalue weighted by atomic mass is 32.1. The fraction of sp³-hybridized carbons (Fsp3) is 0.333. The first-order chi connectivity index (χ1) is 6.74. The van der Waals surface area contributed by atoms with Crippen molar-refractivity contribution in [1.29, 1.82) is 0 Å². The van der Waals surface area contributed by atoms with Crippen molar-refractivity contribution in [1.82, 2.24) is 0 Å². The summed E-state index contributed by atoms with van der Waals surface area (Å²) >= 11 is 1.69. The standard InChI is InChI=1S/C12H13FS/c1-3-8-5-9-6-10(4-2)14-12(9)7-11(8)13/h5-7H,3-4H2,1-2H3. The van der Waals surface area contributed by atoms with Crippen LogP contribution in [0.5, 0.6) is 0 Å². The van der Waals surface area contributed by atoms with E-state index in [-0.39, 0.29) is 5.82 Å². The molecule has 2 rings (SSSR count). The minimum atomic E-state index is -0.0653. The highest BCUT2D eigenvalue weighted by Crippen LogP contribution is 2.28. The van der Waals surface area contributed by atoms with Gasteiger partial charge >= 0.3 is 0 Å². The molecule has 2 heteroatoms. The van der Waals surface area contributed by atoms with Crippen LogP contribution in [0.4, 0.5) is 4.39 Å². The maximum Gasteiger partial charge on any atom is 0.127 e. The lowest BCUT2D eigenvalue weighted by molar-refractivity contribution is 0.614. The zero-order chi connectivity index (χ0) is 10.1. The Hall–Kier alpha value is -0.890.